The summed E-state index contributed by atoms with van der Waals surface area (Å²) in [6.45, 7) is 2.04. The van der Waals surface area contributed by atoms with Crippen LogP contribution in [0, 0.1) is 6.92 Å². The molecule has 2 aromatic carbocycles. The number of benzene rings is 2. The summed E-state index contributed by atoms with van der Waals surface area (Å²) in [5, 5.41) is 9.68. The average Bonchev–Trinajstić information content (AvgIpc) is 2.39. The van der Waals surface area contributed by atoms with Gasteiger partial charge in [0.1, 0.15) is 12.4 Å². The Hall–Kier alpha value is -2.00. The van der Waals surface area contributed by atoms with E-state index in [0.717, 1.165) is 5.56 Å². The normalized spacial score (nSPS) is 10.2. The number of halogens is 1. The van der Waals surface area contributed by atoms with Crippen molar-refractivity contribution >= 4 is 17.6 Å². The van der Waals surface area contributed by atoms with Gasteiger partial charge in [-0.15, -0.1) is 0 Å². The van der Waals surface area contributed by atoms with Gasteiger partial charge in [-0.2, -0.15) is 0 Å². The third-order valence-corrected chi connectivity index (χ3v) is 3.22. The van der Waals surface area contributed by atoms with Crippen molar-refractivity contribution in [2.24, 2.45) is 0 Å². The molecule has 4 heteroatoms. The highest BCUT2D eigenvalue weighted by Gasteiger charge is 2.11. The Kier molecular flexibility index (Phi) is 4.07. The fourth-order valence-corrected chi connectivity index (χ4v) is 1.96. The van der Waals surface area contributed by atoms with Crippen LogP contribution >= 0.6 is 11.6 Å². The first-order chi connectivity index (χ1) is 9.09. The minimum atomic E-state index is -0.958. The first kappa shape index (κ1) is 13.4. The summed E-state index contributed by atoms with van der Waals surface area (Å²) in [4.78, 5) is 11.0. The second kappa shape index (κ2) is 5.76. The smallest absolute Gasteiger partial charge is 0.336 e. The van der Waals surface area contributed by atoms with E-state index < -0.39 is 5.97 Å². The first-order valence-electron chi connectivity index (χ1n) is 5.78. The molecule has 2 rings (SSSR count). The molecule has 0 aliphatic rings. The van der Waals surface area contributed by atoms with Crippen LogP contribution < -0.4 is 4.74 Å². The van der Waals surface area contributed by atoms with Crippen molar-refractivity contribution in [3.63, 3.8) is 0 Å². The molecule has 0 fully saturated rings. The predicted molar refractivity (Wildman–Crippen MR) is 73.9 cm³/mol. The number of rotatable bonds is 4. The summed E-state index contributed by atoms with van der Waals surface area (Å²) in [5.41, 5.74) is 1.73. The summed E-state index contributed by atoms with van der Waals surface area (Å²) < 4.78 is 5.65. The van der Waals surface area contributed by atoms with Gasteiger partial charge in [0.15, 0.2) is 0 Å². The van der Waals surface area contributed by atoms with Crippen molar-refractivity contribution in [1.82, 2.24) is 0 Å². The highest BCUT2D eigenvalue weighted by atomic mass is 35.5. The van der Waals surface area contributed by atoms with E-state index in [1.807, 2.05) is 18.2 Å². The molecular weight excluding hydrogens is 264 g/mol. The van der Waals surface area contributed by atoms with Gasteiger partial charge in [0.2, 0.25) is 0 Å². The fraction of sp³-hybridized carbons (Fsp3) is 0.133. The Labute approximate surface area is 116 Å². The molecular formula is C15H13ClO3. The highest BCUT2D eigenvalue weighted by molar-refractivity contribution is 6.31. The topological polar surface area (TPSA) is 46.5 Å². The molecule has 0 aliphatic heterocycles. The van der Waals surface area contributed by atoms with E-state index in [0.29, 0.717) is 22.9 Å². The summed E-state index contributed by atoms with van der Waals surface area (Å²) in [5.74, 6) is -0.402. The average molecular weight is 277 g/mol. The van der Waals surface area contributed by atoms with E-state index in [2.05, 4.69) is 0 Å². The molecule has 0 amide bonds. The van der Waals surface area contributed by atoms with Crippen molar-refractivity contribution in [1.29, 1.82) is 0 Å². The summed E-state index contributed by atoms with van der Waals surface area (Å²) in [6, 6.07) is 12.4. The number of hydrogen-bond acceptors (Lipinski definition) is 2. The van der Waals surface area contributed by atoms with Crippen LogP contribution in [0.15, 0.2) is 42.5 Å². The minimum Gasteiger partial charge on any atom is -0.489 e. The lowest BCUT2D eigenvalue weighted by Crippen LogP contribution is -2.03. The first-order valence-corrected chi connectivity index (χ1v) is 6.16. The van der Waals surface area contributed by atoms with E-state index in [9.17, 15) is 4.79 Å². The second-order valence-corrected chi connectivity index (χ2v) is 4.52. The van der Waals surface area contributed by atoms with Crippen molar-refractivity contribution in [2.45, 2.75) is 13.5 Å². The molecule has 0 saturated heterocycles. The van der Waals surface area contributed by atoms with Gasteiger partial charge in [-0.1, -0.05) is 35.9 Å². The van der Waals surface area contributed by atoms with Crippen LogP contribution in [0.1, 0.15) is 21.5 Å². The molecule has 19 heavy (non-hydrogen) atoms. The van der Waals surface area contributed by atoms with Crippen molar-refractivity contribution in [3.05, 3.63) is 64.2 Å². The SMILES string of the molecule is Cc1c(OCc2ccccc2Cl)cccc1C(=O)O. The predicted octanol–water partition coefficient (Wildman–Crippen LogP) is 3.93. The Bertz CT molecular complexity index is 608. The van der Waals surface area contributed by atoms with E-state index in [1.165, 1.54) is 0 Å². The number of carboxylic acid groups (broad SMARTS) is 1. The molecule has 98 valence electrons. The van der Waals surface area contributed by atoms with Crippen LogP contribution in [0.3, 0.4) is 0 Å². The molecule has 0 aromatic heterocycles. The van der Waals surface area contributed by atoms with Gasteiger partial charge in [-0.05, 0) is 25.1 Å². The van der Waals surface area contributed by atoms with E-state index in [-0.39, 0.29) is 5.56 Å². The molecule has 3 nitrogen and oxygen atoms in total. The minimum absolute atomic E-state index is 0.247. The van der Waals surface area contributed by atoms with Crippen LogP contribution in [0.5, 0.6) is 5.75 Å². The van der Waals surface area contributed by atoms with Crippen LogP contribution in [0.25, 0.3) is 0 Å². The lowest BCUT2D eigenvalue weighted by molar-refractivity contribution is 0.0695. The van der Waals surface area contributed by atoms with Gasteiger partial charge in [0.25, 0.3) is 0 Å². The van der Waals surface area contributed by atoms with Gasteiger partial charge in [-0.25, -0.2) is 4.79 Å². The molecule has 2 aromatic rings. The summed E-state index contributed by atoms with van der Waals surface area (Å²) in [6.07, 6.45) is 0. The lowest BCUT2D eigenvalue weighted by Gasteiger charge is -2.11. The van der Waals surface area contributed by atoms with Crippen molar-refractivity contribution < 1.29 is 14.6 Å². The number of aromatic carboxylic acids is 1. The molecule has 0 heterocycles. The molecule has 1 N–H and O–H groups in total. The lowest BCUT2D eigenvalue weighted by atomic mass is 10.1. The Morgan fingerprint density at radius 2 is 1.95 bits per heavy atom. The third-order valence-electron chi connectivity index (χ3n) is 2.86. The Balaban J connectivity index is 2.19. The quantitative estimate of drug-likeness (QED) is 0.920. The number of ether oxygens (including phenoxy) is 1. The molecule has 0 unspecified atom stereocenters. The number of carboxylic acids is 1. The molecule has 0 radical (unpaired) electrons. The molecule has 0 aliphatic carbocycles. The molecule has 0 atom stereocenters. The zero-order chi connectivity index (χ0) is 13.8. The van der Waals surface area contributed by atoms with Gasteiger partial charge in [0.05, 0.1) is 5.56 Å². The summed E-state index contributed by atoms with van der Waals surface area (Å²) >= 11 is 6.04. The second-order valence-electron chi connectivity index (χ2n) is 4.11. The van der Waals surface area contributed by atoms with E-state index in [1.54, 1.807) is 31.2 Å². The van der Waals surface area contributed by atoms with Crippen molar-refractivity contribution in [2.75, 3.05) is 0 Å². The summed E-state index contributed by atoms with van der Waals surface area (Å²) in [7, 11) is 0. The zero-order valence-electron chi connectivity index (χ0n) is 10.4. The third kappa shape index (κ3) is 3.06. The number of carbonyl (C=O) groups is 1. The van der Waals surface area contributed by atoms with Gasteiger partial charge in [-0.3, -0.25) is 0 Å². The van der Waals surface area contributed by atoms with Crippen LogP contribution in [0.4, 0.5) is 0 Å². The Morgan fingerprint density at radius 3 is 2.63 bits per heavy atom. The highest BCUT2D eigenvalue weighted by Crippen LogP contribution is 2.24. The maximum Gasteiger partial charge on any atom is 0.336 e. The molecule has 0 bridgehead atoms. The standard InChI is InChI=1S/C15H13ClO3/c1-10-12(15(17)18)6-4-8-14(10)19-9-11-5-2-3-7-13(11)16/h2-8H,9H2,1H3,(H,17,18). The maximum atomic E-state index is 11.0. The van der Waals surface area contributed by atoms with Crippen LogP contribution in [0.2, 0.25) is 5.02 Å². The van der Waals surface area contributed by atoms with Crippen LogP contribution in [-0.4, -0.2) is 11.1 Å². The van der Waals surface area contributed by atoms with Gasteiger partial charge >= 0.3 is 5.97 Å². The van der Waals surface area contributed by atoms with E-state index >= 15 is 0 Å². The monoisotopic (exact) mass is 276 g/mol. The van der Waals surface area contributed by atoms with Gasteiger partial charge in [0, 0.05) is 16.1 Å². The van der Waals surface area contributed by atoms with Gasteiger partial charge < -0.3 is 9.84 Å². The van der Waals surface area contributed by atoms with E-state index in [4.69, 9.17) is 21.4 Å². The van der Waals surface area contributed by atoms with Crippen molar-refractivity contribution in [3.8, 4) is 5.75 Å². The fourth-order valence-electron chi connectivity index (χ4n) is 1.77. The Morgan fingerprint density at radius 1 is 1.21 bits per heavy atom. The largest absolute Gasteiger partial charge is 0.489 e. The van der Waals surface area contributed by atoms with Crippen LogP contribution in [-0.2, 0) is 6.61 Å². The zero-order valence-corrected chi connectivity index (χ0v) is 11.1. The molecule has 0 saturated carbocycles. The molecule has 0 spiro atoms. The maximum absolute atomic E-state index is 11.0. The number of hydrogen-bond donors (Lipinski definition) is 1.